The first kappa shape index (κ1) is 15.1. The molecular formula is C13H15NO4S2. The van der Waals surface area contributed by atoms with Crippen LogP contribution < -0.4 is 4.72 Å². The van der Waals surface area contributed by atoms with E-state index in [1.807, 2.05) is 0 Å². The van der Waals surface area contributed by atoms with Gasteiger partial charge >= 0.3 is 5.97 Å². The van der Waals surface area contributed by atoms with E-state index in [1.165, 1.54) is 18.2 Å². The largest absolute Gasteiger partial charge is 0.478 e. The average Bonchev–Trinajstić information content (AvgIpc) is 2.89. The van der Waals surface area contributed by atoms with Gasteiger partial charge in [0, 0.05) is 17.9 Å². The van der Waals surface area contributed by atoms with Crippen molar-refractivity contribution in [2.24, 2.45) is 0 Å². The van der Waals surface area contributed by atoms with Gasteiger partial charge in [-0.15, -0.1) is 0 Å². The Morgan fingerprint density at radius 3 is 2.90 bits per heavy atom. The summed E-state index contributed by atoms with van der Waals surface area (Å²) in [4.78, 5) is 10.6. The van der Waals surface area contributed by atoms with Gasteiger partial charge in [0.25, 0.3) is 0 Å². The molecule has 2 N–H and O–H groups in total. The zero-order chi connectivity index (χ0) is 14.6. The molecule has 2 rings (SSSR count). The van der Waals surface area contributed by atoms with Crippen molar-refractivity contribution in [2.75, 3.05) is 11.5 Å². The molecule has 1 saturated heterocycles. The van der Waals surface area contributed by atoms with Gasteiger partial charge in [-0.3, -0.25) is 0 Å². The van der Waals surface area contributed by atoms with Crippen LogP contribution in [0.2, 0.25) is 0 Å². The van der Waals surface area contributed by atoms with E-state index in [9.17, 15) is 13.2 Å². The Morgan fingerprint density at radius 1 is 1.45 bits per heavy atom. The molecule has 1 atom stereocenters. The fraction of sp³-hybridized carbons (Fsp3) is 0.308. The Balaban J connectivity index is 2.18. The van der Waals surface area contributed by atoms with Crippen LogP contribution in [0.25, 0.3) is 6.08 Å². The van der Waals surface area contributed by atoms with E-state index in [2.05, 4.69) is 4.72 Å². The fourth-order valence-corrected chi connectivity index (χ4v) is 4.45. The third-order valence-corrected chi connectivity index (χ3v) is 5.52. The van der Waals surface area contributed by atoms with Crippen molar-refractivity contribution >= 4 is 33.8 Å². The number of nitrogens with one attached hydrogen (secondary N) is 1. The van der Waals surface area contributed by atoms with Gasteiger partial charge in [0.1, 0.15) is 0 Å². The minimum atomic E-state index is -3.55. The van der Waals surface area contributed by atoms with Gasteiger partial charge in [-0.25, -0.2) is 17.9 Å². The third kappa shape index (κ3) is 4.09. The van der Waals surface area contributed by atoms with E-state index in [0.717, 1.165) is 24.0 Å². The molecule has 0 aliphatic carbocycles. The van der Waals surface area contributed by atoms with E-state index in [0.29, 0.717) is 5.56 Å². The summed E-state index contributed by atoms with van der Waals surface area (Å²) in [6, 6.07) is 6.19. The molecule has 0 aromatic heterocycles. The third-order valence-electron chi connectivity index (χ3n) is 2.84. The van der Waals surface area contributed by atoms with Gasteiger partial charge in [0.2, 0.25) is 10.0 Å². The molecule has 108 valence electrons. The first-order chi connectivity index (χ1) is 9.47. The second-order valence-electron chi connectivity index (χ2n) is 4.43. The second-order valence-corrected chi connectivity index (χ2v) is 7.29. The van der Waals surface area contributed by atoms with Gasteiger partial charge in [-0.05, 0) is 35.9 Å². The fourth-order valence-electron chi connectivity index (χ4n) is 1.87. The zero-order valence-electron chi connectivity index (χ0n) is 10.7. The van der Waals surface area contributed by atoms with E-state index >= 15 is 0 Å². The highest BCUT2D eigenvalue weighted by Gasteiger charge is 2.23. The van der Waals surface area contributed by atoms with Crippen molar-refractivity contribution in [3.8, 4) is 0 Å². The summed E-state index contributed by atoms with van der Waals surface area (Å²) in [5.41, 5.74) is 0.538. The first-order valence-corrected chi connectivity index (χ1v) is 8.72. The average molecular weight is 313 g/mol. The zero-order valence-corrected chi connectivity index (χ0v) is 12.3. The Bertz CT molecular complexity index is 619. The number of hydrogen-bond acceptors (Lipinski definition) is 4. The first-order valence-electron chi connectivity index (χ1n) is 6.08. The molecule has 1 aromatic rings. The van der Waals surface area contributed by atoms with Gasteiger partial charge in [-0.1, -0.05) is 12.1 Å². The number of thioether (sulfide) groups is 1. The topological polar surface area (TPSA) is 83.5 Å². The highest BCUT2D eigenvalue weighted by atomic mass is 32.2. The maximum absolute atomic E-state index is 12.2. The molecule has 0 radical (unpaired) electrons. The second kappa shape index (κ2) is 6.43. The van der Waals surface area contributed by atoms with Crippen LogP contribution in [0.5, 0.6) is 0 Å². The summed E-state index contributed by atoms with van der Waals surface area (Å²) < 4.78 is 27.1. The molecule has 7 heteroatoms. The van der Waals surface area contributed by atoms with Crippen LogP contribution in [0.3, 0.4) is 0 Å². The summed E-state index contributed by atoms with van der Waals surface area (Å²) in [6.07, 6.45) is 3.18. The van der Waals surface area contributed by atoms with E-state index in [4.69, 9.17) is 5.11 Å². The molecule has 0 amide bonds. The smallest absolute Gasteiger partial charge is 0.328 e. The number of rotatable bonds is 5. The lowest BCUT2D eigenvalue weighted by atomic mass is 10.2. The van der Waals surface area contributed by atoms with Crippen molar-refractivity contribution in [3.63, 3.8) is 0 Å². The predicted octanol–water partition coefficient (Wildman–Crippen LogP) is 1.57. The van der Waals surface area contributed by atoms with Crippen molar-refractivity contribution in [2.45, 2.75) is 17.4 Å². The van der Waals surface area contributed by atoms with Crippen LogP contribution in [0.1, 0.15) is 12.0 Å². The molecule has 0 saturated carbocycles. The lowest BCUT2D eigenvalue weighted by molar-refractivity contribution is -0.131. The molecule has 1 heterocycles. The highest BCUT2D eigenvalue weighted by Crippen LogP contribution is 2.20. The van der Waals surface area contributed by atoms with Crippen molar-refractivity contribution < 1.29 is 18.3 Å². The number of carbonyl (C=O) groups is 1. The molecule has 1 unspecified atom stereocenters. The molecule has 5 nitrogen and oxygen atoms in total. The number of aliphatic carboxylic acids is 1. The predicted molar refractivity (Wildman–Crippen MR) is 79.2 cm³/mol. The maximum Gasteiger partial charge on any atom is 0.328 e. The lowest BCUT2D eigenvalue weighted by Gasteiger charge is -2.12. The normalized spacial score (nSPS) is 19.5. The van der Waals surface area contributed by atoms with Gasteiger partial charge < -0.3 is 5.11 Å². The minimum absolute atomic E-state index is 0.0248. The number of carboxylic acid groups (broad SMARTS) is 1. The van der Waals surface area contributed by atoms with Crippen LogP contribution in [-0.4, -0.2) is 37.0 Å². The lowest BCUT2D eigenvalue weighted by Crippen LogP contribution is -2.34. The number of sulfonamides is 1. The molecule has 1 aliphatic rings. The molecule has 0 bridgehead atoms. The number of benzene rings is 1. The monoisotopic (exact) mass is 313 g/mol. The Labute approximate surface area is 122 Å². The van der Waals surface area contributed by atoms with Crippen LogP contribution in [0, 0.1) is 0 Å². The summed E-state index contributed by atoms with van der Waals surface area (Å²) in [6.45, 7) is 0. The number of carboxylic acids is 1. The Kier molecular flexibility index (Phi) is 4.85. The van der Waals surface area contributed by atoms with E-state index < -0.39 is 16.0 Å². The van der Waals surface area contributed by atoms with Gasteiger partial charge in [-0.2, -0.15) is 11.8 Å². The summed E-state index contributed by atoms with van der Waals surface area (Å²) in [7, 11) is -3.55. The molecule has 1 fully saturated rings. The highest BCUT2D eigenvalue weighted by molar-refractivity contribution is 7.99. The molecule has 1 aliphatic heterocycles. The summed E-state index contributed by atoms with van der Waals surface area (Å²) >= 11 is 1.73. The number of hydrogen-bond donors (Lipinski definition) is 2. The Hall–Kier alpha value is -1.31. The SMILES string of the molecule is O=C(O)/C=C/c1cccc(S(=O)(=O)NC2CCSC2)c1. The van der Waals surface area contributed by atoms with Crippen LogP contribution in [0.15, 0.2) is 35.2 Å². The quantitative estimate of drug-likeness (QED) is 0.806. The van der Waals surface area contributed by atoms with Crippen LogP contribution >= 0.6 is 11.8 Å². The van der Waals surface area contributed by atoms with Gasteiger partial charge in [0.15, 0.2) is 0 Å². The molecule has 1 aromatic carbocycles. The van der Waals surface area contributed by atoms with Crippen molar-refractivity contribution in [1.82, 2.24) is 4.72 Å². The van der Waals surface area contributed by atoms with E-state index in [-0.39, 0.29) is 10.9 Å². The van der Waals surface area contributed by atoms with Crippen molar-refractivity contribution in [3.05, 3.63) is 35.9 Å². The van der Waals surface area contributed by atoms with Crippen LogP contribution in [0.4, 0.5) is 0 Å². The maximum atomic E-state index is 12.2. The Morgan fingerprint density at radius 2 is 2.25 bits per heavy atom. The van der Waals surface area contributed by atoms with E-state index in [1.54, 1.807) is 23.9 Å². The van der Waals surface area contributed by atoms with Crippen LogP contribution in [-0.2, 0) is 14.8 Å². The molecule has 0 spiro atoms. The summed E-state index contributed by atoms with van der Waals surface area (Å²) in [5.74, 6) is 0.686. The standard InChI is InChI=1S/C13H15NO4S2/c15-13(16)5-4-10-2-1-3-12(8-10)20(17,18)14-11-6-7-19-9-11/h1-5,8,11,14H,6-7,9H2,(H,15,16)/b5-4+. The van der Waals surface area contributed by atoms with Crippen molar-refractivity contribution in [1.29, 1.82) is 0 Å². The summed E-state index contributed by atoms with van der Waals surface area (Å²) in [5, 5.41) is 8.57. The molecule has 20 heavy (non-hydrogen) atoms. The van der Waals surface area contributed by atoms with Gasteiger partial charge in [0.05, 0.1) is 4.90 Å². The minimum Gasteiger partial charge on any atom is -0.478 e. The molecular weight excluding hydrogens is 298 g/mol.